The lowest BCUT2D eigenvalue weighted by Gasteiger charge is -2.36. The number of fused-ring (bicyclic) bond motifs is 3. The molecule has 8 nitrogen and oxygen atoms in total. The zero-order chi connectivity index (χ0) is 24.1. The van der Waals surface area contributed by atoms with Crippen LogP contribution in [0.2, 0.25) is 0 Å². The second kappa shape index (κ2) is 8.46. The fraction of sp³-hybridized carbons (Fsp3) is 0.320. The van der Waals surface area contributed by atoms with E-state index in [1.165, 1.54) is 6.26 Å². The molecular formula is C25H23F2N5O3. The summed E-state index contributed by atoms with van der Waals surface area (Å²) in [6, 6.07) is 8.35. The number of aromatic nitrogens is 2. The fourth-order valence-electron chi connectivity index (χ4n) is 4.59. The summed E-state index contributed by atoms with van der Waals surface area (Å²) in [5.74, 6) is -1.50. The monoisotopic (exact) mass is 479 g/mol. The van der Waals surface area contributed by atoms with E-state index in [2.05, 4.69) is 20.2 Å². The lowest BCUT2D eigenvalue weighted by atomic mass is 10.1. The van der Waals surface area contributed by atoms with Crippen molar-refractivity contribution in [3.8, 4) is 0 Å². The standard InChI is InChI=1S/C25H23F2N5O3/c26-20-14(1-4-16-21(20)30-24(33)17-7-12-35-22(16)17)13-31-8-10-32(11-9-31)19-6-5-18(29-23(19)27)25(34)28-15-2-3-15/h1,4-7,12,15H,2-3,8-11,13H2,(H,28,34)(H,30,33). The fourth-order valence-corrected chi connectivity index (χ4v) is 4.59. The zero-order valence-electron chi connectivity index (χ0n) is 18.8. The van der Waals surface area contributed by atoms with E-state index in [4.69, 9.17) is 4.42 Å². The molecule has 0 radical (unpaired) electrons. The van der Waals surface area contributed by atoms with Crippen molar-refractivity contribution >= 4 is 33.5 Å². The maximum atomic E-state index is 15.3. The molecule has 1 saturated heterocycles. The highest BCUT2D eigenvalue weighted by Gasteiger charge is 2.26. The molecule has 3 aromatic heterocycles. The van der Waals surface area contributed by atoms with Gasteiger partial charge in [-0.25, -0.2) is 9.37 Å². The second-order valence-corrected chi connectivity index (χ2v) is 9.10. The summed E-state index contributed by atoms with van der Waals surface area (Å²) >= 11 is 0. The number of pyridine rings is 2. The highest BCUT2D eigenvalue weighted by molar-refractivity contribution is 6.02. The summed E-state index contributed by atoms with van der Waals surface area (Å²) in [6.07, 6.45) is 3.32. The molecule has 180 valence electrons. The maximum Gasteiger partial charge on any atom is 0.270 e. The SMILES string of the molecule is O=C(NC1CC1)c1ccc(N2CCN(Cc3ccc4c([nH]c(=O)c5ccoc54)c3F)CC2)c(F)n1. The van der Waals surface area contributed by atoms with Crippen molar-refractivity contribution in [2.24, 2.45) is 0 Å². The van der Waals surface area contributed by atoms with Crippen molar-refractivity contribution < 1.29 is 18.0 Å². The van der Waals surface area contributed by atoms with Gasteiger partial charge >= 0.3 is 0 Å². The molecule has 4 heterocycles. The number of benzene rings is 1. The van der Waals surface area contributed by atoms with Crippen molar-refractivity contribution in [1.82, 2.24) is 20.2 Å². The Morgan fingerprint density at radius 3 is 2.63 bits per heavy atom. The van der Waals surface area contributed by atoms with Crippen LogP contribution in [0, 0.1) is 11.8 Å². The van der Waals surface area contributed by atoms with Gasteiger partial charge in [-0.3, -0.25) is 14.5 Å². The number of rotatable bonds is 5. The van der Waals surface area contributed by atoms with E-state index < -0.39 is 17.3 Å². The van der Waals surface area contributed by atoms with E-state index in [0.717, 1.165) is 12.8 Å². The topological polar surface area (TPSA) is 94.5 Å². The average Bonchev–Trinajstić information content (AvgIpc) is 3.52. The van der Waals surface area contributed by atoms with Gasteiger partial charge in [0.05, 0.1) is 22.9 Å². The number of H-pyrrole nitrogens is 1. The minimum atomic E-state index is -0.671. The number of hydrogen-bond acceptors (Lipinski definition) is 6. The summed E-state index contributed by atoms with van der Waals surface area (Å²) in [6.45, 7) is 2.61. The first-order valence-corrected chi connectivity index (χ1v) is 11.6. The van der Waals surface area contributed by atoms with Gasteiger partial charge in [0, 0.05) is 49.7 Å². The highest BCUT2D eigenvalue weighted by atomic mass is 19.1. The van der Waals surface area contributed by atoms with E-state index in [1.807, 2.05) is 4.90 Å². The molecule has 2 fully saturated rings. The van der Waals surface area contributed by atoms with Gasteiger partial charge in [0.2, 0.25) is 5.95 Å². The van der Waals surface area contributed by atoms with Gasteiger partial charge in [-0.2, -0.15) is 4.39 Å². The minimum absolute atomic E-state index is 0.0773. The molecule has 0 atom stereocenters. The number of piperazine rings is 1. The third-order valence-corrected chi connectivity index (χ3v) is 6.70. The molecule has 6 rings (SSSR count). The van der Waals surface area contributed by atoms with Crippen molar-refractivity contribution in [2.75, 3.05) is 31.1 Å². The number of hydrogen-bond donors (Lipinski definition) is 2. The molecule has 35 heavy (non-hydrogen) atoms. The van der Waals surface area contributed by atoms with Gasteiger partial charge in [-0.05, 0) is 37.1 Å². The summed E-state index contributed by atoms with van der Waals surface area (Å²) in [5, 5.41) is 3.72. The predicted octanol–water partition coefficient (Wildman–Crippen LogP) is 3.16. The van der Waals surface area contributed by atoms with Crippen LogP contribution in [0.4, 0.5) is 14.5 Å². The molecule has 10 heteroatoms. The highest BCUT2D eigenvalue weighted by Crippen LogP contribution is 2.27. The lowest BCUT2D eigenvalue weighted by Crippen LogP contribution is -2.46. The van der Waals surface area contributed by atoms with Crippen LogP contribution in [0.25, 0.3) is 21.9 Å². The number of nitrogens with zero attached hydrogens (tertiary/aromatic N) is 3. The average molecular weight is 479 g/mol. The first kappa shape index (κ1) is 21.7. The van der Waals surface area contributed by atoms with Gasteiger partial charge in [0.25, 0.3) is 11.5 Å². The van der Waals surface area contributed by atoms with Crippen LogP contribution in [-0.4, -0.2) is 53.0 Å². The molecule has 1 aliphatic carbocycles. The van der Waals surface area contributed by atoms with Gasteiger partial charge in [-0.15, -0.1) is 0 Å². The first-order chi connectivity index (χ1) is 17.0. The molecule has 1 amide bonds. The summed E-state index contributed by atoms with van der Waals surface area (Å²) in [4.78, 5) is 34.8. The Morgan fingerprint density at radius 1 is 1.09 bits per heavy atom. The number of carbonyl (C=O) groups is 1. The van der Waals surface area contributed by atoms with Crippen LogP contribution in [-0.2, 0) is 6.54 Å². The Balaban J connectivity index is 1.14. The third-order valence-electron chi connectivity index (χ3n) is 6.70. The number of nitrogens with one attached hydrogen (secondary N) is 2. The molecule has 1 aliphatic heterocycles. The van der Waals surface area contributed by atoms with Crippen LogP contribution in [0.15, 0.2) is 45.8 Å². The van der Waals surface area contributed by atoms with Crippen LogP contribution in [0.5, 0.6) is 0 Å². The third kappa shape index (κ3) is 4.03. The van der Waals surface area contributed by atoms with E-state index in [0.29, 0.717) is 60.3 Å². The molecule has 1 saturated carbocycles. The Bertz CT molecular complexity index is 1500. The number of carbonyl (C=O) groups excluding carboxylic acids is 1. The van der Waals surface area contributed by atoms with Crippen LogP contribution in [0.3, 0.4) is 0 Å². The molecule has 2 aliphatic rings. The molecule has 4 aromatic rings. The van der Waals surface area contributed by atoms with Crippen molar-refractivity contribution in [3.63, 3.8) is 0 Å². The lowest BCUT2D eigenvalue weighted by molar-refractivity contribution is 0.0945. The zero-order valence-corrected chi connectivity index (χ0v) is 18.8. The van der Waals surface area contributed by atoms with Crippen molar-refractivity contribution in [2.45, 2.75) is 25.4 Å². The number of anilines is 1. The number of halogens is 2. The van der Waals surface area contributed by atoms with Gasteiger partial charge < -0.3 is 19.6 Å². The predicted molar refractivity (Wildman–Crippen MR) is 126 cm³/mol. The Labute approximate surface area is 198 Å². The van der Waals surface area contributed by atoms with E-state index in [9.17, 15) is 14.0 Å². The van der Waals surface area contributed by atoms with Gasteiger partial charge in [0.15, 0.2) is 5.82 Å². The minimum Gasteiger partial charge on any atom is -0.463 e. The van der Waals surface area contributed by atoms with Gasteiger partial charge in [-0.1, -0.05) is 6.07 Å². The summed E-state index contributed by atoms with van der Waals surface area (Å²) < 4.78 is 35.4. The number of aromatic amines is 1. The Morgan fingerprint density at radius 2 is 1.89 bits per heavy atom. The molecule has 1 aromatic carbocycles. The first-order valence-electron chi connectivity index (χ1n) is 11.6. The van der Waals surface area contributed by atoms with Crippen LogP contribution < -0.4 is 15.8 Å². The van der Waals surface area contributed by atoms with Crippen molar-refractivity contribution in [3.05, 3.63) is 70.0 Å². The summed E-state index contributed by atoms with van der Waals surface area (Å²) in [7, 11) is 0. The number of furan rings is 1. The quantitative estimate of drug-likeness (QED) is 0.427. The molecule has 2 N–H and O–H groups in total. The smallest absolute Gasteiger partial charge is 0.270 e. The van der Waals surface area contributed by atoms with Gasteiger partial charge in [0.1, 0.15) is 11.3 Å². The van der Waals surface area contributed by atoms with E-state index in [1.54, 1.807) is 30.3 Å². The Hall–Kier alpha value is -3.79. The molecular weight excluding hydrogens is 456 g/mol. The van der Waals surface area contributed by atoms with Crippen molar-refractivity contribution in [1.29, 1.82) is 0 Å². The largest absolute Gasteiger partial charge is 0.463 e. The van der Waals surface area contributed by atoms with Crippen LogP contribution >= 0.6 is 0 Å². The maximum absolute atomic E-state index is 15.3. The van der Waals surface area contributed by atoms with Crippen LogP contribution in [0.1, 0.15) is 28.9 Å². The number of amides is 1. The van der Waals surface area contributed by atoms with E-state index in [-0.39, 0.29) is 23.2 Å². The van der Waals surface area contributed by atoms with E-state index >= 15 is 4.39 Å². The Kier molecular flexibility index (Phi) is 5.25. The molecule has 0 bridgehead atoms. The molecule has 0 unspecified atom stereocenters. The normalized spacial score (nSPS) is 16.8. The summed E-state index contributed by atoms with van der Waals surface area (Å²) in [5.41, 5.74) is 1.00. The molecule has 0 spiro atoms. The second-order valence-electron chi connectivity index (χ2n) is 9.10.